The molecule has 0 aliphatic carbocycles. The zero-order valence-corrected chi connectivity index (χ0v) is 23.7. The molecule has 8 nitrogen and oxygen atoms in total. The van der Waals surface area contributed by atoms with Gasteiger partial charge in [-0.25, -0.2) is 10.2 Å². The molecule has 10 heteroatoms. The zero-order chi connectivity index (χ0) is 27.8. The second-order valence-corrected chi connectivity index (χ2v) is 9.84. The number of esters is 1. The van der Waals surface area contributed by atoms with Gasteiger partial charge in [0.15, 0.2) is 0 Å². The molecule has 196 valence electrons. The molecule has 0 saturated heterocycles. The molecule has 0 heterocycles. The van der Waals surface area contributed by atoms with E-state index in [1.54, 1.807) is 98.1 Å². The van der Waals surface area contributed by atoms with Gasteiger partial charge in [0.05, 0.1) is 30.1 Å². The summed E-state index contributed by atoms with van der Waals surface area (Å²) in [5.74, 6) is -0.574. The van der Waals surface area contributed by atoms with Crippen LogP contribution in [0.15, 0.2) is 105 Å². The van der Waals surface area contributed by atoms with Crippen LogP contribution in [-0.4, -0.2) is 31.1 Å². The Balaban J connectivity index is 1.46. The summed E-state index contributed by atoms with van der Waals surface area (Å²) in [4.78, 5) is 38.2. The highest BCUT2D eigenvalue weighted by Gasteiger charge is 2.15. The first-order chi connectivity index (χ1) is 18.8. The van der Waals surface area contributed by atoms with E-state index >= 15 is 0 Å². The molecule has 0 aliphatic rings. The summed E-state index contributed by atoms with van der Waals surface area (Å²) in [5, 5.41) is 6.79. The van der Waals surface area contributed by atoms with Gasteiger partial charge in [0.25, 0.3) is 11.8 Å². The van der Waals surface area contributed by atoms with E-state index in [-0.39, 0.29) is 17.2 Å². The molecule has 0 aliphatic heterocycles. The van der Waals surface area contributed by atoms with E-state index in [4.69, 9.17) is 9.47 Å². The van der Waals surface area contributed by atoms with Crippen molar-refractivity contribution in [2.45, 2.75) is 0 Å². The summed E-state index contributed by atoms with van der Waals surface area (Å²) in [6.07, 6.45) is 1.37. The van der Waals surface area contributed by atoms with Gasteiger partial charge in [-0.15, -0.1) is 0 Å². The first kappa shape index (κ1) is 27.7. The van der Waals surface area contributed by atoms with E-state index in [2.05, 4.69) is 47.7 Å². The van der Waals surface area contributed by atoms with Crippen molar-refractivity contribution in [2.24, 2.45) is 5.10 Å². The van der Waals surface area contributed by atoms with Gasteiger partial charge >= 0.3 is 5.97 Å². The second kappa shape index (κ2) is 13.0. The van der Waals surface area contributed by atoms with Crippen molar-refractivity contribution in [3.63, 3.8) is 0 Å². The maximum atomic E-state index is 12.9. The van der Waals surface area contributed by atoms with E-state index in [0.29, 0.717) is 28.1 Å². The molecular weight excluding hydrogens is 630 g/mol. The Bertz CT molecular complexity index is 1540. The summed E-state index contributed by atoms with van der Waals surface area (Å²) < 4.78 is 12.2. The van der Waals surface area contributed by atoms with Crippen LogP contribution in [0, 0.1) is 0 Å². The van der Waals surface area contributed by atoms with Crippen LogP contribution < -0.4 is 20.2 Å². The van der Waals surface area contributed by atoms with E-state index in [0.717, 1.165) is 8.95 Å². The Morgan fingerprint density at radius 3 is 2.18 bits per heavy atom. The highest BCUT2D eigenvalue weighted by molar-refractivity contribution is 9.10. The third-order valence-corrected chi connectivity index (χ3v) is 6.42. The van der Waals surface area contributed by atoms with E-state index in [1.807, 2.05) is 0 Å². The van der Waals surface area contributed by atoms with Crippen molar-refractivity contribution >= 4 is 61.5 Å². The average molecular weight is 651 g/mol. The van der Waals surface area contributed by atoms with E-state index in [9.17, 15) is 14.4 Å². The first-order valence-electron chi connectivity index (χ1n) is 11.5. The van der Waals surface area contributed by atoms with E-state index < -0.39 is 11.9 Å². The summed E-state index contributed by atoms with van der Waals surface area (Å²) in [6.45, 7) is 0. The molecule has 0 bridgehead atoms. The average Bonchev–Trinajstić information content (AvgIpc) is 2.95. The van der Waals surface area contributed by atoms with Gasteiger partial charge in [0.2, 0.25) is 0 Å². The maximum absolute atomic E-state index is 12.9. The third-order valence-electron chi connectivity index (χ3n) is 5.40. The Morgan fingerprint density at radius 1 is 0.795 bits per heavy atom. The minimum atomic E-state index is -0.541. The molecule has 0 spiro atoms. The number of para-hydroxylation sites is 1. The second-order valence-electron chi connectivity index (χ2n) is 8.01. The van der Waals surface area contributed by atoms with Gasteiger partial charge in [0.1, 0.15) is 11.5 Å². The van der Waals surface area contributed by atoms with Crippen molar-refractivity contribution in [2.75, 3.05) is 12.4 Å². The molecule has 0 fully saturated rings. The number of ether oxygens (including phenoxy) is 2. The largest absolute Gasteiger partial charge is 0.497 e. The van der Waals surface area contributed by atoms with Crippen LogP contribution in [0.25, 0.3) is 0 Å². The number of amides is 2. The van der Waals surface area contributed by atoms with Gasteiger partial charge in [-0.3, -0.25) is 9.59 Å². The number of rotatable bonds is 8. The van der Waals surface area contributed by atoms with Crippen LogP contribution in [0.3, 0.4) is 0 Å². The van der Waals surface area contributed by atoms with Crippen LogP contribution in [0.2, 0.25) is 0 Å². The Morgan fingerprint density at radius 2 is 1.46 bits per heavy atom. The van der Waals surface area contributed by atoms with Gasteiger partial charge in [-0.2, -0.15) is 5.10 Å². The highest BCUT2D eigenvalue weighted by atomic mass is 79.9. The van der Waals surface area contributed by atoms with Crippen molar-refractivity contribution in [1.82, 2.24) is 5.43 Å². The van der Waals surface area contributed by atoms with Gasteiger partial charge in [0, 0.05) is 20.1 Å². The Hall–Kier alpha value is -4.28. The number of halogens is 2. The van der Waals surface area contributed by atoms with Gasteiger partial charge in [-0.05, 0) is 78.9 Å². The molecular formula is C29H21Br2N3O5. The van der Waals surface area contributed by atoms with Crippen molar-refractivity contribution in [1.29, 1.82) is 0 Å². The number of carbonyl (C=O) groups is 3. The molecule has 4 aromatic rings. The van der Waals surface area contributed by atoms with Crippen LogP contribution in [0.4, 0.5) is 5.69 Å². The van der Waals surface area contributed by atoms with E-state index in [1.165, 1.54) is 6.21 Å². The molecule has 0 aromatic heterocycles. The normalized spacial score (nSPS) is 10.6. The van der Waals surface area contributed by atoms with Crippen molar-refractivity contribution in [3.05, 3.63) is 122 Å². The number of anilines is 1. The number of carbonyl (C=O) groups excluding carboxylic acids is 3. The van der Waals surface area contributed by atoms with Crippen LogP contribution >= 0.6 is 31.9 Å². The summed E-state index contributed by atoms with van der Waals surface area (Å²) in [6, 6.07) is 25.0. The number of nitrogens with zero attached hydrogens (tertiary/aromatic N) is 1. The van der Waals surface area contributed by atoms with Crippen LogP contribution in [0.1, 0.15) is 36.6 Å². The SMILES string of the molecule is COc1ccc(C(=O)Nc2ccccc2C(=O)N/N=C\c2cc(Br)ccc2OC(=O)c2ccc(Br)cc2)cc1. The number of benzene rings is 4. The lowest BCUT2D eigenvalue weighted by Gasteiger charge is -2.11. The molecule has 0 atom stereocenters. The molecule has 0 saturated carbocycles. The number of nitrogens with one attached hydrogen (secondary N) is 2. The standard InChI is InChI=1S/C29H21Br2N3O5/c1-38-23-13-8-18(9-14-23)27(35)33-25-5-3-2-4-24(25)28(36)34-32-17-20-16-22(31)12-15-26(20)39-29(37)19-6-10-21(30)11-7-19/h2-17H,1H3,(H,33,35)(H,34,36)/b32-17-. The van der Waals surface area contributed by atoms with Gasteiger partial charge in [-0.1, -0.05) is 44.0 Å². The van der Waals surface area contributed by atoms with Crippen LogP contribution in [0.5, 0.6) is 11.5 Å². The topological polar surface area (TPSA) is 106 Å². The predicted molar refractivity (Wildman–Crippen MR) is 156 cm³/mol. The number of hydrogen-bond acceptors (Lipinski definition) is 6. The van der Waals surface area contributed by atoms with Crippen molar-refractivity contribution < 1.29 is 23.9 Å². The molecule has 0 unspecified atom stereocenters. The van der Waals surface area contributed by atoms with Gasteiger partial charge < -0.3 is 14.8 Å². The third kappa shape index (κ3) is 7.40. The molecule has 0 radical (unpaired) electrons. The smallest absolute Gasteiger partial charge is 0.343 e. The number of hydrazone groups is 1. The number of hydrogen-bond donors (Lipinski definition) is 2. The monoisotopic (exact) mass is 649 g/mol. The highest BCUT2D eigenvalue weighted by Crippen LogP contribution is 2.23. The minimum absolute atomic E-state index is 0.215. The lowest BCUT2D eigenvalue weighted by atomic mass is 10.1. The fourth-order valence-electron chi connectivity index (χ4n) is 3.41. The summed E-state index contributed by atoms with van der Waals surface area (Å²) in [5.41, 5.74) is 4.23. The molecule has 4 aromatic carbocycles. The minimum Gasteiger partial charge on any atom is -0.497 e. The Kier molecular flexibility index (Phi) is 9.24. The van der Waals surface area contributed by atoms with Crippen molar-refractivity contribution in [3.8, 4) is 11.5 Å². The molecule has 39 heavy (non-hydrogen) atoms. The summed E-state index contributed by atoms with van der Waals surface area (Å²) >= 11 is 6.73. The molecule has 4 rings (SSSR count). The fraction of sp³-hybridized carbons (Fsp3) is 0.0345. The Labute approximate surface area is 241 Å². The molecule has 2 amide bonds. The zero-order valence-electron chi connectivity index (χ0n) is 20.5. The lowest BCUT2D eigenvalue weighted by Crippen LogP contribution is -2.21. The molecule has 2 N–H and O–H groups in total. The summed E-state index contributed by atoms with van der Waals surface area (Å²) in [7, 11) is 1.54. The quantitative estimate of drug-likeness (QED) is 0.0986. The fourth-order valence-corrected chi connectivity index (χ4v) is 4.05. The number of methoxy groups -OCH3 is 1. The lowest BCUT2D eigenvalue weighted by molar-refractivity contribution is 0.0733. The predicted octanol–water partition coefficient (Wildman–Crippen LogP) is 6.46. The van der Waals surface area contributed by atoms with Crippen LogP contribution in [-0.2, 0) is 0 Å². The maximum Gasteiger partial charge on any atom is 0.343 e. The first-order valence-corrected chi connectivity index (χ1v) is 13.1.